The highest BCUT2D eigenvalue weighted by Gasteiger charge is 2.34. The van der Waals surface area contributed by atoms with Crippen LogP contribution < -0.4 is 5.73 Å². The molecule has 1 aromatic heterocycles. The van der Waals surface area contributed by atoms with E-state index < -0.39 is 11.4 Å². The van der Waals surface area contributed by atoms with Gasteiger partial charge in [0.05, 0.1) is 5.41 Å². The molecule has 0 aliphatic rings. The van der Waals surface area contributed by atoms with Gasteiger partial charge in [0.15, 0.2) is 0 Å². The first-order chi connectivity index (χ1) is 6.11. The quantitative estimate of drug-likeness (QED) is 0.641. The first-order valence-corrected chi connectivity index (χ1v) is 4.18. The molecular formula is C9H14N2O2. The van der Waals surface area contributed by atoms with Crippen molar-refractivity contribution < 1.29 is 9.90 Å². The van der Waals surface area contributed by atoms with Crippen LogP contribution in [0.1, 0.15) is 18.9 Å². The molecule has 1 aromatic rings. The topological polar surface area (TPSA) is 79.1 Å². The summed E-state index contributed by atoms with van der Waals surface area (Å²) in [6, 6.07) is 1.77. The van der Waals surface area contributed by atoms with Gasteiger partial charge in [-0.05, 0) is 31.5 Å². The zero-order valence-corrected chi connectivity index (χ0v) is 7.58. The molecule has 1 rings (SSSR count). The molecule has 4 heteroatoms. The molecule has 4 nitrogen and oxygen atoms in total. The summed E-state index contributed by atoms with van der Waals surface area (Å²) >= 11 is 0. The van der Waals surface area contributed by atoms with Gasteiger partial charge in [-0.15, -0.1) is 0 Å². The zero-order valence-electron chi connectivity index (χ0n) is 7.58. The van der Waals surface area contributed by atoms with E-state index in [4.69, 9.17) is 10.8 Å². The number of carboxylic acid groups (broad SMARTS) is 1. The highest BCUT2D eigenvalue weighted by atomic mass is 16.4. The summed E-state index contributed by atoms with van der Waals surface area (Å²) in [7, 11) is 0. The van der Waals surface area contributed by atoms with Gasteiger partial charge in [-0.2, -0.15) is 0 Å². The molecule has 0 amide bonds. The average molecular weight is 182 g/mol. The van der Waals surface area contributed by atoms with E-state index in [0.717, 1.165) is 5.56 Å². The first kappa shape index (κ1) is 9.80. The summed E-state index contributed by atoms with van der Waals surface area (Å²) in [6.07, 6.45) is 3.86. The third-order valence-corrected chi connectivity index (χ3v) is 2.35. The Morgan fingerprint density at radius 1 is 1.77 bits per heavy atom. The number of nitrogens with one attached hydrogen (secondary N) is 1. The maximum Gasteiger partial charge on any atom is 0.313 e. The fourth-order valence-electron chi connectivity index (χ4n) is 1.33. The van der Waals surface area contributed by atoms with Crippen LogP contribution in [0.25, 0.3) is 0 Å². The Balaban J connectivity index is 2.98. The Morgan fingerprint density at radius 2 is 2.46 bits per heavy atom. The molecule has 0 saturated carbocycles. The zero-order chi connectivity index (χ0) is 9.90. The van der Waals surface area contributed by atoms with Gasteiger partial charge in [-0.1, -0.05) is 0 Å². The highest BCUT2D eigenvalue weighted by Crippen LogP contribution is 2.26. The lowest BCUT2D eigenvalue weighted by Gasteiger charge is -2.22. The van der Waals surface area contributed by atoms with Crippen LogP contribution in [0.2, 0.25) is 0 Å². The second-order valence-electron chi connectivity index (χ2n) is 3.28. The van der Waals surface area contributed by atoms with Gasteiger partial charge in [0.2, 0.25) is 0 Å². The molecule has 1 atom stereocenters. The largest absolute Gasteiger partial charge is 0.481 e. The second-order valence-corrected chi connectivity index (χ2v) is 3.28. The molecule has 0 fully saturated rings. The number of carbonyl (C=O) groups is 1. The Labute approximate surface area is 76.8 Å². The second kappa shape index (κ2) is 3.62. The minimum atomic E-state index is -0.866. The van der Waals surface area contributed by atoms with E-state index in [0.29, 0.717) is 13.0 Å². The van der Waals surface area contributed by atoms with Crippen molar-refractivity contribution >= 4 is 5.97 Å². The SMILES string of the molecule is CC(CCN)(C(=O)O)c1cc[nH]c1. The normalized spacial score (nSPS) is 15.2. The molecule has 1 heterocycles. The molecule has 0 aliphatic carbocycles. The molecular weight excluding hydrogens is 168 g/mol. The van der Waals surface area contributed by atoms with Crippen LogP contribution in [-0.2, 0) is 10.2 Å². The monoisotopic (exact) mass is 182 g/mol. The van der Waals surface area contributed by atoms with Crippen molar-refractivity contribution in [1.82, 2.24) is 4.98 Å². The molecule has 0 saturated heterocycles. The maximum absolute atomic E-state index is 11.0. The predicted octanol–water partition coefficient (Wildman–Crippen LogP) is 0.706. The summed E-state index contributed by atoms with van der Waals surface area (Å²) in [5.41, 5.74) is 5.29. The third-order valence-electron chi connectivity index (χ3n) is 2.35. The van der Waals surface area contributed by atoms with Crippen LogP contribution in [0.5, 0.6) is 0 Å². The molecule has 0 aromatic carbocycles. The average Bonchev–Trinajstić information content (AvgIpc) is 2.56. The van der Waals surface area contributed by atoms with E-state index in [2.05, 4.69) is 4.98 Å². The number of aromatic amines is 1. The summed E-state index contributed by atoms with van der Waals surface area (Å²) < 4.78 is 0. The van der Waals surface area contributed by atoms with Crippen LogP contribution in [0.15, 0.2) is 18.5 Å². The minimum absolute atomic E-state index is 0.369. The maximum atomic E-state index is 11.0. The van der Waals surface area contributed by atoms with Crippen molar-refractivity contribution in [2.75, 3.05) is 6.54 Å². The lowest BCUT2D eigenvalue weighted by molar-refractivity contribution is -0.143. The number of aliphatic carboxylic acids is 1. The Morgan fingerprint density at radius 3 is 2.85 bits per heavy atom. The van der Waals surface area contributed by atoms with Crippen LogP contribution >= 0.6 is 0 Å². The van der Waals surface area contributed by atoms with Crippen LogP contribution in [0.3, 0.4) is 0 Å². The fourth-order valence-corrected chi connectivity index (χ4v) is 1.33. The van der Waals surface area contributed by atoms with E-state index in [1.807, 2.05) is 0 Å². The summed E-state index contributed by atoms with van der Waals surface area (Å²) in [5.74, 6) is -0.836. The summed E-state index contributed by atoms with van der Waals surface area (Å²) in [4.78, 5) is 13.9. The molecule has 13 heavy (non-hydrogen) atoms. The number of carboxylic acids is 1. The van der Waals surface area contributed by atoms with Crippen LogP contribution in [0, 0.1) is 0 Å². The lowest BCUT2D eigenvalue weighted by atomic mass is 9.81. The molecule has 0 bridgehead atoms. The smallest absolute Gasteiger partial charge is 0.313 e. The van der Waals surface area contributed by atoms with Crippen LogP contribution in [-0.4, -0.2) is 22.6 Å². The van der Waals surface area contributed by atoms with Crippen molar-refractivity contribution in [2.24, 2.45) is 5.73 Å². The fraction of sp³-hybridized carbons (Fsp3) is 0.444. The van der Waals surface area contributed by atoms with Gasteiger partial charge < -0.3 is 15.8 Å². The van der Waals surface area contributed by atoms with E-state index in [9.17, 15) is 4.79 Å². The van der Waals surface area contributed by atoms with Gasteiger partial charge in [0.25, 0.3) is 0 Å². The van der Waals surface area contributed by atoms with Gasteiger partial charge >= 0.3 is 5.97 Å². The molecule has 1 unspecified atom stereocenters. The molecule has 0 radical (unpaired) electrons. The highest BCUT2D eigenvalue weighted by molar-refractivity contribution is 5.80. The van der Waals surface area contributed by atoms with Crippen molar-refractivity contribution in [2.45, 2.75) is 18.8 Å². The standard InChI is InChI=1S/C9H14N2O2/c1-9(3-4-10,8(12)13)7-2-5-11-6-7/h2,5-6,11H,3-4,10H2,1H3,(H,12,13). The van der Waals surface area contributed by atoms with Crippen molar-refractivity contribution in [1.29, 1.82) is 0 Å². The van der Waals surface area contributed by atoms with Crippen molar-refractivity contribution in [3.8, 4) is 0 Å². The minimum Gasteiger partial charge on any atom is -0.481 e. The molecule has 0 aliphatic heterocycles. The molecule has 0 spiro atoms. The molecule has 4 N–H and O–H groups in total. The van der Waals surface area contributed by atoms with Crippen molar-refractivity contribution in [3.05, 3.63) is 24.0 Å². The number of H-pyrrole nitrogens is 1. The van der Waals surface area contributed by atoms with Gasteiger partial charge in [0, 0.05) is 12.4 Å². The number of rotatable bonds is 4. The third kappa shape index (κ3) is 1.72. The molecule has 72 valence electrons. The van der Waals surface area contributed by atoms with E-state index in [1.54, 1.807) is 25.4 Å². The Hall–Kier alpha value is -1.29. The van der Waals surface area contributed by atoms with Crippen molar-refractivity contribution in [3.63, 3.8) is 0 Å². The van der Waals surface area contributed by atoms with E-state index in [-0.39, 0.29) is 0 Å². The predicted molar refractivity (Wildman–Crippen MR) is 49.5 cm³/mol. The van der Waals surface area contributed by atoms with E-state index in [1.165, 1.54) is 0 Å². The van der Waals surface area contributed by atoms with Gasteiger partial charge in [-0.3, -0.25) is 4.79 Å². The van der Waals surface area contributed by atoms with Gasteiger partial charge in [0.1, 0.15) is 0 Å². The lowest BCUT2D eigenvalue weighted by Crippen LogP contribution is -2.34. The number of nitrogens with two attached hydrogens (primary N) is 1. The summed E-state index contributed by atoms with van der Waals surface area (Å²) in [6.45, 7) is 2.05. The van der Waals surface area contributed by atoms with Crippen LogP contribution in [0.4, 0.5) is 0 Å². The Bertz CT molecular complexity index is 282. The first-order valence-electron chi connectivity index (χ1n) is 4.18. The number of hydrogen-bond donors (Lipinski definition) is 3. The summed E-state index contributed by atoms with van der Waals surface area (Å²) in [5, 5.41) is 9.07. The van der Waals surface area contributed by atoms with E-state index >= 15 is 0 Å². The Kier molecular flexibility index (Phi) is 2.72. The number of hydrogen-bond acceptors (Lipinski definition) is 2. The van der Waals surface area contributed by atoms with Gasteiger partial charge in [-0.25, -0.2) is 0 Å². The number of aromatic nitrogens is 1.